The number of fused-ring (bicyclic) bond motifs is 1. The zero-order chi connectivity index (χ0) is 16.0. The van der Waals surface area contributed by atoms with Crippen molar-refractivity contribution in [2.24, 2.45) is 13.0 Å². The molecule has 1 saturated carbocycles. The minimum Gasteiger partial charge on any atom is -0.349 e. The quantitative estimate of drug-likeness (QED) is 0.864. The number of aryl methyl sites for hydroxylation is 1. The Morgan fingerprint density at radius 1 is 1.09 bits per heavy atom. The predicted molar refractivity (Wildman–Crippen MR) is 92.3 cm³/mol. The van der Waals surface area contributed by atoms with Crippen LogP contribution in [0.5, 0.6) is 0 Å². The molecule has 4 nitrogen and oxygen atoms in total. The molecule has 0 atom stereocenters. The van der Waals surface area contributed by atoms with E-state index in [0.29, 0.717) is 4.90 Å². The lowest BCUT2D eigenvalue weighted by molar-refractivity contribution is 0.221. The Hall–Kier alpha value is -1.33. The molecule has 0 spiro atoms. The van der Waals surface area contributed by atoms with Crippen LogP contribution in [0.25, 0.3) is 10.9 Å². The number of rotatable bonds is 4. The summed E-state index contributed by atoms with van der Waals surface area (Å²) in [5, 5.41) is 0.624. The van der Waals surface area contributed by atoms with Gasteiger partial charge >= 0.3 is 0 Å². The Morgan fingerprint density at radius 3 is 2.48 bits per heavy atom. The van der Waals surface area contributed by atoms with E-state index in [2.05, 4.69) is 4.90 Å². The lowest BCUT2D eigenvalue weighted by Gasteiger charge is -2.31. The molecule has 4 rings (SSSR count). The van der Waals surface area contributed by atoms with Gasteiger partial charge < -0.3 is 9.47 Å². The van der Waals surface area contributed by atoms with Crippen molar-refractivity contribution in [2.45, 2.75) is 35.8 Å². The smallest absolute Gasteiger partial charge is 0.183 e. The molecule has 0 radical (unpaired) electrons. The second kappa shape index (κ2) is 5.64. The lowest BCUT2D eigenvalue weighted by atomic mass is 10.1. The third-order valence-electron chi connectivity index (χ3n) is 5.35. The number of sulfone groups is 1. The van der Waals surface area contributed by atoms with Gasteiger partial charge in [-0.05, 0) is 50.8 Å². The van der Waals surface area contributed by atoms with Gasteiger partial charge in [-0.1, -0.05) is 18.2 Å². The van der Waals surface area contributed by atoms with E-state index < -0.39 is 9.84 Å². The molecule has 0 amide bonds. The van der Waals surface area contributed by atoms with E-state index in [1.54, 1.807) is 6.20 Å². The van der Waals surface area contributed by atoms with Crippen LogP contribution in [-0.2, 0) is 16.9 Å². The largest absolute Gasteiger partial charge is 0.349 e. The molecule has 1 aliphatic carbocycles. The first kappa shape index (κ1) is 15.2. The van der Waals surface area contributed by atoms with Gasteiger partial charge in [0.2, 0.25) is 0 Å². The van der Waals surface area contributed by atoms with Gasteiger partial charge in [-0.25, -0.2) is 8.42 Å². The van der Waals surface area contributed by atoms with Crippen molar-refractivity contribution in [1.82, 2.24) is 9.47 Å². The number of hydrogen-bond donors (Lipinski definition) is 0. The van der Waals surface area contributed by atoms with Crippen molar-refractivity contribution >= 4 is 20.7 Å². The average Bonchev–Trinajstić information content (AvgIpc) is 3.30. The van der Waals surface area contributed by atoms with Gasteiger partial charge in [0.05, 0.1) is 10.1 Å². The summed E-state index contributed by atoms with van der Waals surface area (Å²) in [4.78, 5) is 2.96. The van der Waals surface area contributed by atoms with Crippen LogP contribution in [0, 0.1) is 5.92 Å². The number of piperidine rings is 1. The van der Waals surface area contributed by atoms with Crippen molar-refractivity contribution in [1.29, 1.82) is 0 Å². The Bertz CT molecular complexity index is 813. The Morgan fingerprint density at radius 2 is 1.78 bits per heavy atom. The molecule has 2 fully saturated rings. The fourth-order valence-electron chi connectivity index (χ4n) is 3.78. The molecular weight excluding hydrogens is 308 g/mol. The molecule has 23 heavy (non-hydrogen) atoms. The lowest BCUT2D eigenvalue weighted by Crippen LogP contribution is -2.40. The number of hydrogen-bond acceptors (Lipinski definition) is 3. The van der Waals surface area contributed by atoms with Crippen LogP contribution in [0.4, 0.5) is 0 Å². The number of benzene rings is 1. The molecule has 1 aromatic carbocycles. The van der Waals surface area contributed by atoms with E-state index in [1.165, 1.54) is 19.4 Å². The van der Waals surface area contributed by atoms with Crippen molar-refractivity contribution in [3.63, 3.8) is 0 Å². The first-order valence-corrected chi connectivity index (χ1v) is 10.1. The van der Waals surface area contributed by atoms with Crippen LogP contribution in [0.2, 0.25) is 0 Å². The highest BCUT2D eigenvalue weighted by Crippen LogP contribution is 2.33. The average molecular weight is 332 g/mol. The molecule has 1 saturated heterocycles. The molecule has 2 heterocycles. The Kier molecular flexibility index (Phi) is 3.73. The van der Waals surface area contributed by atoms with Gasteiger partial charge in [-0.2, -0.15) is 0 Å². The summed E-state index contributed by atoms with van der Waals surface area (Å²) in [6, 6.07) is 7.77. The third-order valence-corrected chi connectivity index (χ3v) is 7.64. The van der Waals surface area contributed by atoms with Gasteiger partial charge in [-0.3, -0.25) is 0 Å². The molecule has 0 bridgehead atoms. The zero-order valence-electron chi connectivity index (χ0n) is 13.6. The third kappa shape index (κ3) is 2.81. The molecule has 1 aromatic heterocycles. The van der Waals surface area contributed by atoms with E-state index >= 15 is 0 Å². The summed E-state index contributed by atoms with van der Waals surface area (Å²) in [6.45, 7) is 3.01. The van der Waals surface area contributed by atoms with E-state index in [-0.39, 0.29) is 5.25 Å². The van der Waals surface area contributed by atoms with Gasteiger partial charge in [0.15, 0.2) is 9.84 Å². The van der Waals surface area contributed by atoms with Crippen molar-refractivity contribution in [2.75, 3.05) is 19.6 Å². The van der Waals surface area contributed by atoms with Crippen molar-refractivity contribution < 1.29 is 8.42 Å². The monoisotopic (exact) mass is 332 g/mol. The Balaban J connectivity index is 1.57. The molecule has 124 valence electrons. The molecule has 0 unspecified atom stereocenters. The fourth-order valence-corrected chi connectivity index (χ4v) is 5.75. The predicted octanol–water partition coefficient (Wildman–Crippen LogP) is 2.83. The SMILES string of the molecule is Cn1cc(S(=O)(=O)C2CCN(CC3CC3)CC2)c2ccccc21. The summed E-state index contributed by atoms with van der Waals surface area (Å²) in [5.74, 6) is 0.876. The van der Waals surface area contributed by atoms with Gasteiger partial charge in [0, 0.05) is 30.7 Å². The maximum atomic E-state index is 13.1. The molecule has 2 aliphatic rings. The summed E-state index contributed by atoms with van der Waals surface area (Å²) in [5.41, 5.74) is 0.984. The van der Waals surface area contributed by atoms with Gasteiger partial charge in [0.25, 0.3) is 0 Å². The first-order valence-electron chi connectivity index (χ1n) is 8.56. The second-order valence-corrected chi connectivity index (χ2v) is 9.31. The molecule has 2 aromatic rings. The first-order chi connectivity index (χ1) is 11.1. The van der Waals surface area contributed by atoms with Crippen LogP contribution in [0.15, 0.2) is 35.4 Å². The van der Waals surface area contributed by atoms with E-state index in [9.17, 15) is 8.42 Å². The summed E-state index contributed by atoms with van der Waals surface area (Å²) >= 11 is 0. The van der Waals surface area contributed by atoms with Crippen LogP contribution >= 0.6 is 0 Å². The number of nitrogens with zero attached hydrogens (tertiary/aromatic N) is 2. The van der Waals surface area contributed by atoms with E-state index in [4.69, 9.17) is 0 Å². The number of likely N-dealkylation sites (tertiary alicyclic amines) is 1. The molecule has 0 N–H and O–H groups in total. The van der Waals surface area contributed by atoms with Crippen LogP contribution < -0.4 is 0 Å². The Labute approximate surface area is 138 Å². The van der Waals surface area contributed by atoms with Crippen LogP contribution in [0.1, 0.15) is 25.7 Å². The maximum absolute atomic E-state index is 13.1. The van der Waals surface area contributed by atoms with Crippen LogP contribution in [0.3, 0.4) is 0 Å². The summed E-state index contributed by atoms with van der Waals surface area (Å²) < 4.78 is 28.2. The fraction of sp³-hybridized carbons (Fsp3) is 0.556. The number of aromatic nitrogens is 1. The van der Waals surface area contributed by atoms with E-state index in [0.717, 1.165) is 42.8 Å². The summed E-state index contributed by atoms with van der Waals surface area (Å²) in [6.07, 6.45) is 6.02. The van der Waals surface area contributed by atoms with E-state index in [1.807, 2.05) is 35.9 Å². The van der Waals surface area contributed by atoms with Crippen molar-refractivity contribution in [3.8, 4) is 0 Å². The normalized spacial score (nSPS) is 21.1. The van der Waals surface area contributed by atoms with Crippen LogP contribution in [-0.4, -0.2) is 42.8 Å². The highest BCUT2D eigenvalue weighted by molar-refractivity contribution is 7.92. The molecule has 1 aliphatic heterocycles. The molecule has 5 heteroatoms. The second-order valence-electron chi connectivity index (χ2n) is 7.11. The highest BCUT2D eigenvalue weighted by Gasteiger charge is 2.34. The topological polar surface area (TPSA) is 42.3 Å². The maximum Gasteiger partial charge on any atom is 0.183 e. The standard InChI is InChI=1S/C18H24N2O2S/c1-19-13-18(16-4-2-3-5-17(16)19)23(21,22)15-8-10-20(11-9-15)12-14-6-7-14/h2-5,13-15H,6-12H2,1H3. The van der Waals surface area contributed by atoms with Gasteiger partial charge in [-0.15, -0.1) is 0 Å². The minimum absolute atomic E-state index is 0.233. The highest BCUT2D eigenvalue weighted by atomic mass is 32.2. The zero-order valence-corrected chi connectivity index (χ0v) is 14.4. The number of para-hydroxylation sites is 1. The summed E-state index contributed by atoms with van der Waals surface area (Å²) in [7, 11) is -1.34. The minimum atomic E-state index is -3.25. The van der Waals surface area contributed by atoms with Gasteiger partial charge in [0.1, 0.15) is 0 Å². The van der Waals surface area contributed by atoms with Crippen molar-refractivity contribution in [3.05, 3.63) is 30.5 Å². The molecular formula is C18H24N2O2S.